The van der Waals surface area contributed by atoms with E-state index in [1.807, 2.05) is 0 Å². The molecule has 0 aromatic carbocycles. The van der Waals surface area contributed by atoms with E-state index >= 15 is 0 Å². The number of hydrogen-bond acceptors (Lipinski definition) is 4. The topological polar surface area (TPSA) is 75.4 Å². The predicted octanol–water partition coefficient (Wildman–Crippen LogP) is 0.542. The Morgan fingerprint density at radius 1 is 1.50 bits per heavy atom. The normalized spacial score (nSPS) is 12.6. The first-order chi connectivity index (χ1) is 8.37. The molecule has 7 heteroatoms. The summed E-state index contributed by atoms with van der Waals surface area (Å²) < 4.78 is 27.1. The third-order valence-corrected chi connectivity index (χ3v) is 4.48. The van der Waals surface area contributed by atoms with Crippen LogP contribution in [0.5, 0.6) is 0 Å². The maximum Gasteiger partial charge on any atom is 0.245 e. The quantitative estimate of drug-likeness (QED) is 0.788. The molecule has 0 aliphatic rings. The maximum atomic E-state index is 12.2. The van der Waals surface area contributed by atoms with Crippen molar-refractivity contribution in [2.24, 2.45) is 5.92 Å². The van der Waals surface area contributed by atoms with Gasteiger partial charge in [-0.2, -0.15) is 5.10 Å². The van der Waals surface area contributed by atoms with Crippen molar-refractivity contribution >= 4 is 10.0 Å². The molecule has 0 saturated heterocycles. The van der Waals surface area contributed by atoms with Gasteiger partial charge in [0.15, 0.2) is 0 Å². The zero-order valence-electron chi connectivity index (χ0n) is 11.1. The zero-order valence-corrected chi connectivity index (χ0v) is 11.9. The Morgan fingerprint density at radius 2 is 2.17 bits per heavy atom. The van der Waals surface area contributed by atoms with Crippen LogP contribution in [0.15, 0.2) is 17.3 Å². The van der Waals surface area contributed by atoms with E-state index in [0.29, 0.717) is 19.0 Å². The molecule has 0 atom stereocenters. The summed E-state index contributed by atoms with van der Waals surface area (Å²) in [6.07, 6.45) is 3.58. The SMILES string of the molecule is CC(C)CCN(C)S(=O)(=O)c1cnn(CCO)c1. The van der Waals surface area contributed by atoms with E-state index in [1.54, 1.807) is 7.05 Å². The van der Waals surface area contributed by atoms with Gasteiger partial charge in [-0.05, 0) is 12.3 Å². The van der Waals surface area contributed by atoms with E-state index in [0.717, 1.165) is 6.42 Å². The van der Waals surface area contributed by atoms with Crippen molar-refractivity contribution in [2.75, 3.05) is 20.2 Å². The summed E-state index contributed by atoms with van der Waals surface area (Å²) in [5.74, 6) is 0.458. The van der Waals surface area contributed by atoms with Crippen molar-refractivity contribution in [3.63, 3.8) is 0 Å². The fourth-order valence-electron chi connectivity index (χ4n) is 1.44. The van der Waals surface area contributed by atoms with Gasteiger partial charge in [0.2, 0.25) is 10.0 Å². The number of nitrogens with zero attached hydrogens (tertiary/aromatic N) is 3. The third kappa shape index (κ3) is 3.79. The van der Waals surface area contributed by atoms with Crippen LogP contribution in [0.4, 0.5) is 0 Å². The Bertz CT molecular complexity index is 468. The summed E-state index contributed by atoms with van der Waals surface area (Å²) in [5.41, 5.74) is 0. The zero-order chi connectivity index (χ0) is 13.8. The van der Waals surface area contributed by atoms with Crippen molar-refractivity contribution in [1.82, 2.24) is 14.1 Å². The van der Waals surface area contributed by atoms with E-state index in [9.17, 15) is 8.42 Å². The van der Waals surface area contributed by atoms with Gasteiger partial charge >= 0.3 is 0 Å². The second-order valence-corrected chi connectivity index (χ2v) is 6.72. The van der Waals surface area contributed by atoms with Crippen LogP contribution in [0.3, 0.4) is 0 Å². The van der Waals surface area contributed by atoms with Crippen LogP contribution in [-0.2, 0) is 16.6 Å². The lowest BCUT2D eigenvalue weighted by Gasteiger charge is -2.16. The highest BCUT2D eigenvalue weighted by Crippen LogP contribution is 2.14. The van der Waals surface area contributed by atoms with E-state index in [1.165, 1.54) is 21.4 Å². The fraction of sp³-hybridized carbons (Fsp3) is 0.727. The average Bonchev–Trinajstić information content (AvgIpc) is 2.75. The Labute approximate surface area is 108 Å². The summed E-state index contributed by atoms with van der Waals surface area (Å²) in [5, 5.41) is 12.7. The summed E-state index contributed by atoms with van der Waals surface area (Å²) in [6, 6.07) is 0. The number of hydrogen-bond donors (Lipinski definition) is 1. The largest absolute Gasteiger partial charge is 0.394 e. The van der Waals surface area contributed by atoms with Gasteiger partial charge < -0.3 is 5.11 Å². The van der Waals surface area contributed by atoms with Crippen LogP contribution in [0.25, 0.3) is 0 Å². The number of rotatable bonds is 7. The molecule has 0 aliphatic carbocycles. The van der Waals surface area contributed by atoms with Crippen LogP contribution in [-0.4, -0.2) is 47.8 Å². The molecular weight excluding hydrogens is 254 g/mol. The van der Waals surface area contributed by atoms with Crippen molar-refractivity contribution in [1.29, 1.82) is 0 Å². The first-order valence-corrected chi connectivity index (χ1v) is 7.41. The Morgan fingerprint density at radius 3 is 2.72 bits per heavy atom. The van der Waals surface area contributed by atoms with Gasteiger partial charge in [-0.3, -0.25) is 4.68 Å². The summed E-state index contributed by atoms with van der Waals surface area (Å²) in [7, 11) is -1.89. The Kier molecular flexibility index (Phi) is 5.30. The van der Waals surface area contributed by atoms with Gasteiger partial charge in [0.1, 0.15) is 4.90 Å². The third-order valence-electron chi connectivity index (χ3n) is 2.67. The molecule has 0 saturated carbocycles. The average molecular weight is 275 g/mol. The molecule has 0 spiro atoms. The Hall–Kier alpha value is -0.920. The first kappa shape index (κ1) is 15.1. The lowest BCUT2D eigenvalue weighted by Crippen LogP contribution is -2.28. The smallest absolute Gasteiger partial charge is 0.245 e. The van der Waals surface area contributed by atoms with Crippen LogP contribution in [0.1, 0.15) is 20.3 Å². The minimum absolute atomic E-state index is 0.0651. The van der Waals surface area contributed by atoms with Gasteiger partial charge in [-0.25, -0.2) is 12.7 Å². The van der Waals surface area contributed by atoms with E-state index < -0.39 is 10.0 Å². The highest BCUT2D eigenvalue weighted by atomic mass is 32.2. The molecule has 104 valence electrons. The maximum absolute atomic E-state index is 12.2. The summed E-state index contributed by atoms with van der Waals surface area (Å²) >= 11 is 0. The second-order valence-electron chi connectivity index (χ2n) is 4.67. The van der Waals surface area contributed by atoms with Crippen LogP contribution in [0.2, 0.25) is 0 Å². The molecule has 0 radical (unpaired) electrons. The van der Waals surface area contributed by atoms with Crippen LogP contribution in [0, 0.1) is 5.92 Å². The first-order valence-electron chi connectivity index (χ1n) is 5.97. The molecule has 18 heavy (non-hydrogen) atoms. The summed E-state index contributed by atoms with van der Waals surface area (Å²) in [4.78, 5) is 0.169. The van der Waals surface area contributed by atoms with Gasteiger partial charge in [0.05, 0.1) is 19.3 Å². The standard InChI is InChI=1S/C11H21N3O3S/c1-10(2)4-5-13(3)18(16,17)11-8-12-14(9-11)6-7-15/h8-10,15H,4-7H2,1-3H3. The number of aliphatic hydroxyl groups excluding tert-OH is 1. The molecule has 0 bridgehead atoms. The molecule has 6 nitrogen and oxygen atoms in total. The number of aliphatic hydroxyl groups is 1. The summed E-state index contributed by atoms with van der Waals surface area (Å²) in [6.45, 7) is 4.83. The highest BCUT2D eigenvalue weighted by Gasteiger charge is 2.22. The van der Waals surface area contributed by atoms with Gasteiger partial charge in [-0.15, -0.1) is 0 Å². The number of sulfonamides is 1. The molecular formula is C11H21N3O3S. The van der Waals surface area contributed by atoms with Gasteiger partial charge in [0.25, 0.3) is 0 Å². The lowest BCUT2D eigenvalue weighted by atomic mass is 10.1. The van der Waals surface area contributed by atoms with E-state index in [-0.39, 0.29) is 11.5 Å². The van der Waals surface area contributed by atoms with Crippen LogP contribution < -0.4 is 0 Å². The second kappa shape index (κ2) is 6.31. The lowest BCUT2D eigenvalue weighted by molar-refractivity contribution is 0.269. The minimum atomic E-state index is -3.46. The monoisotopic (exact) mass is 275 g/mol. The fourth-order valence-corrected chi connectivity index (χ4v) is 2.58. The van der Waals surface area contributed by atoms with E-state index in [2.05, 4.69) is 18.9 Å². The molecule has 1 heterocycles. The molecule has 1 aromatic heterocycles. The van der Waals surface area contributed by atoms with Crippen molar-refractivity contribution in [3.8, 4) is 0 Å². The highest BCUT2D eigenvalue weighted by molar-refractivity contribution is 7.89. The molecule has 0 aliphatic heterocycles. The molecule has 1 N–H and O–H groups in total. The molecule has 0 unspecified atom stereocenters. The van der Waals surface area contributed by atoms with Crippen LogP contribution >= 0.6 is 0 Å². The van der Waals surface area contributed by atoms with Gasteiger partial charge in [0, 0.05) is 19.8 Å². The predicted molar refractivity (Wildman–Crippen MR) is 68.6 cm³/mol. The van der Waals surface area contributed by atoms with E-state index in [4.69, 9.17) is 5.11 Å². The molecule has 0 amide bonds. The minimum Gasteiger partial charge on any atom is -0.394 e. The van der Waals surface area contributed by atoms with Gasteiger partial charge in [-0.1, -0.05) is 13.8 Å². The molecule has 0 fully saturated rings. The number of aromatic nitrogens is 2. The Balaban J connectivity index is 2.77. The molecule has 1 aromatic rings. The van der Waals surface area contributed by atoms with Crippen molar-refractivity contribution < 1.29 is 13.5 Å². The molecule has 1 rings (SSSR count). The van der Waals surface area contributed by atoms with Crippen molar-refractivity contribution in [3.05, 3.63) is 12.4 Å². The van der Waals surface area contributed by atoms with Crippen molar-refractivity contribution in [2.45, 2.75) is 31.7 Å².